The van der Waals surface area contributed by atoms with Gasteiger partial charge in [0.2, 0.25) is 0 Å². The number of hydrogen-bond acceptors (Lipinski definition) is 2. The van der Waals surface area contributed by atoms with E-state index in [1.165, 1.54) is 12.4 Å². The summed E-state index contributed by atoms with van der Waals surface area (Å²) >= 11 is 4.75. The Morgan fingerprint density at radius 2 is 2.00 bits per heavy atom. The molecular formula is C6H5NO2S. The van der Waals surface area contributed by atoms with E-state index in [1.807, 2.05) is 0 Å². The third-order valence-electron chi connectivity index (χ3n) is 1.02. The van der Waals surface area contributed by atoms with Crippen LogP contribution in [0.25, 0.3) is 0 Å². The van der Waals surface area contributed by atoms with Crippen molar-refractivity contribution in [3.05, 3.63) is 29.0 Å². The standard InChI is InChI=1S/C6H5NO2S/c8-6(9)7-3-1-5(10)2-4-7/h1-4H,(H,8,9). The molecule has 52 valence electrons. The lowest BCUT2D eigenvalue weighted by Crippen LogP contribution is -2.06. The zero-order valence-electron chi connectivity index (χ0n) is 5.02. The van der Waals surface area contributed by atoms with Crippen LogP contribution in [0.4, 0.5) is 4.79 Å². The predicted octanol–water partition coefficient (Wildman–Crippen LogP) is 1.74. The lowest BCUT2D eigenvalue weighted by molar-refractivity contribution is 0.196. The molecule has 1 heterocycles. The molecule has 0 atom stereocenters. The quantitative estimate of drug-likeness (QED) is 0.580. The third-order valence-corrected chi connectivity index (χ3v) is 1.29. The fourth-order valence-corrected chi connectivity index (χ4v) is 0.662. The maximum absolute atomic E-state index is 10.2. The fourth-order valence-electron chi connectivity index (χ4n) is 0.540. The van der Waals surface area contributed by atoms with Gasteiger partial charge in [-0.1, -0.05) is 12.2 Å². The first-order valence-electron chi connectivity index (χ1n) is 2.62. The second kappa shape index (κ2) is 2.62. The van der Waals surface area contributed by atoms with Crippen LogP contribution in [0, 0.1) is 4.51 Å². The molecule has 10 heavy (non-hydrogen) atoms. The zero-order valence-corrected chi connectivity index (χ0v) is 5.84. The van der Waals surface area contributed by atoms with E-state index >= 15 is 0 Å². The SMILES string of the molecule is O=C(O)n1ccc(=S)cc1. The topological polar surface area (TPSA) is 42.2 Å². The van der Waals surface area contributed by atoms with Crippen molar-refractivity contribution in [2.24, 2.45) is 0 Å². The van der Waals surface area contributed by atoms with Gasteiger partial charge in [0.1, 0.15) is 0 Å². The van der Waals surface area contributed by atoms with Crippen LogP contribution in [0.3, 0.4) is 0 Å². The summed E-state index contributed by atoms with van der Waals surface area (Å²) in [5.41, 5.74) is 0. The molecule has 0 aromatic carbocycles. The average Bonchev–Trinajstić information content (AvgIpc) is 1.88. The third kappa shape index (κ3) is 1.41. The van der Waals surface area contributed by atoms with Crippen molar-refractivity contribution in [1.82, 2.24) is 4.57 Å². The van der Waals surface area contributed by atoms with Crippen LogP contribution in [0.1, 0.15) is 0 Å². The van der Waals surface area contributed by atoms with Gasteiger partial charge in [0.15, 0.2) is 0 Å². The Morgan fingerprint density at radius 1 is 1.50 bits per heavy atom. The van der Waals surface area contributed by atoms with E-state index in [4.69, 9.17) is 17.3 Å². The molecular weight excluding hydrogens is 150 g/mol. The molecule has 0 aliphatic carbocycles. The van der Waals surface area contributed by atoms with E-state index in [1.54, 1.807) is 12.1 Å². The highest BCUT2D eigenvalue weighted by molar-refractivity contribution is 7.71. The van der Waals surface area contributed by atoms with E-state index in [9.17, 15) is 4.79 Å². The monoisotopic (exact) mass is 155 g/mol. The van der Waals surface area contributed by atoms with Gasteiger partial charge in [0.05, 0.1) is 0 Å². The minimum atomic E-state index is -1.00. The molecule has 0 radical (unpaired) electrons. The van der Waals surface area contributed by atoms with Gasteiger partial charge in [-0.15, -0.1) is 0 Å². The Labute approximate surface area is 62.5 Å². The van der Waals surface area contributed by atoms with Crippen molar-refractivity contribution in [2.45, 2.75) is 0 Å². The van der Waals surface area contributed by atoms with Crippen LogP contribution < -0.4 is 0 Å². The van der Waals surface area contributed by atoms with Crippen molar-refractivity contribution < 1.29 is 9.90 Å². The molecule has 1 aromatic heterocycles. The highest BCUT2D eigenvalue weighted by Crippen LogP contribution is 1.90. The number of nitrogens with zero attached hydrogens (tertiary/aromatic N) is 1. The van der Waals surface area contributed by atoms with E-state index in [2.05, 4.69) is 0 Å². The van der Waals surface area contributed by atoms with Crippen molar-refractivity contribution >= 4 is 18.3 Å². The molecule has 4 heteroatoms. The molecule has 3 nitrogen and oxygen atoms in total. The van der Waals surface area contributed by atoms with Crippen LogP contribution in [0.2, 0.25) is 0 Å². The first kappa shape index (κ1) is 6.95. The van der Waals surface area contributed by atoms with Gasteiger partial charge in [-0.25, -0.2) is 4.79 Å². The number of hydrogen-bond donors (Lipinski definition) is 1. The Hall–Kier alpha value is -1.16. The van der Waals surface area contributed by atoms with Crippen LogP contribution >= 0.6 is 12.2 Å². The predicted molar refractivity (Wildman–Crippen MR) is 38.7 cm³/mol. The molecule has 0 saturated heterocycles. The number of rotatable bonds is 0. The first-order chi connectivity index (χ1) is 4.70. The maximum atomic E-state index is 10.2. The highest BCUT2D eigenvalue weighted by Gasteiger charge is 1.93. The highest BCUT2D eigenvalue weighted by atomic mass is 32.1. The molecule has 0 fully saturated rings. The average molecular weight is 155 g/mol. The summed E-state index contributed by atoms with van der Waals surface area (Å²) in [5, 5.41) is 8.40. The number of aromatic nitrogens is 1. The lowest BCUT2D eigenvalue weighted by Gasteiger charge is -1.94. The molecule has 0 saturated carbocycles. The molecule has 0 aliphatic rings. The van der Waals surface area contributed by atoms with Crippen LogP contribution in [-0.2, 0) is 0 Å². The molecule has 0 bridgehead atoms. The van der Waals surface area contributed by atoms with Gasteiger partial charge in [0.25, 0.3) is 0 Å². The summed E-state index contributed by atoms with van der Waals surface area (Å²) in [6, 6.07) is 3.12. The number of carbonyl (C=O) groups is 1. The molecule has 1 rings (SSSR count). The van der Waals surface area contributed by atoms with Gasteiger partial charge in [-0.05, 0) is 12.1 Å². The molecule has 0 spiro atoms. The Kier molecular flexibility index (Phi) is 1.82. The fraction of sp³-hybridized carbons (Fsp3) is 0. The van der Waals surface area contributed by atoms with Crippen LogP contribution in [0.5, 0.6) is 0 Å². The summed E-state index contributed by atoms with van der Waals surface area (Å²) < 4.78 is 1.67. The Morgan fingerprint density at radius 3 is 2.40 bits per heavy atom. The van der Waals surface area contributed by atoms with E-state index in [-0.39, 0.29) is 0 Å². The first-order valence-corrected chi connectivity index (χ1v) is 3.02. The minimum Gasteiger partial charge on any atom is -0.464 e. The summed E-state index contributed by atoms with van der Waals surface area (Å²) in [6.45, 7) is 0. The van der Waals surface area contributed by atoms with Crippen LogP contribution in [0.15, 0.2) is 24.5 Å². The van der Waals surface area contributed by atoms with Gasteiger partial charge >= 0.3 is 6.09 Å². The molecule has 1 N–H and O–H groups in total. The van der Waals surface area contributed by atoms with E-state index < -0.39 is 6.09 Å². The summed E-state index contributed by atoms with van der Waals surface area (Å²) in [6.07, 6.45) is 1.81. The van der Waals surface area contributed by atoms with Crippen LogP contribution in [-0.4, -0.2) is 15.8 Å². The second-order valence-electron chi connectivity index (χ2n) is 1.72. The lowest BCUT2D eigenvalue weighted by atomic mass is 10.5. The smallest absolute Gasteiger partial charge is 0.415 e. The van der Waals surface area contributed by atoms with Gasteiger partial charge in [-0.2, -0.15) is 0 Å². The molecule has 0 aliphatic heterocycles. The summed E-state index contributed by atoms with van der Waals surface area (Å²) in [7, 11) is 0. The van der Waals surface area contributed by atoms with Crippen molar-refractivity contribution in [2.75, 3.05) is 0 Å². The Balaban J connectivity index is 3.12. The number of carboxylic acid groups (broad SMARTS) is 1. The summed E-state index contributed by atoms with van der Waals surface area (Å²) in [5.74, 6) is 0. The molecule has 0 unspecified atom stereocenters. The van der Waals surface area contributed by atoms with E-state index in [0.29, 0.717) is 4.51 Å². The normalized spacial score (nSPS) is 9.20. The molecule has 0 amide bonds. The summed E-state index contributed by atoms with van der Waals surface area (Å²) in [4.78, 5) is 10.2. The van der Waals surface area contributed by atoms with E-state index in [0.717, 1.165) is 4.57 Å². The zero-order chi connectivity index (χ0) is 7.56. The second-order valence-corrected chi connectivity index (χ2v) is 2.20. The van der Waals surface area contributed by atoms with Crippen molar-refractivity contribution in [3.63, 3.8) is 0 Å². The van der Waals surface area contributed by atoms with Crippen molar-refractivity contribution in [1.29, 1.82) is 0 Å². The van der Waals surface area contributed by atoms with Gasteiger partial charge < -0.3 is 5.11 Å². The number of pyridine rings is 1. The minimum absolute atomic E-state index is 0.637. The largest absolute Gasteiger partial charge is 0.464 e. The van der Waals surface area contributed by atoms with Gasteiger partial charge in [-0.3, -0.25) is 4.57 Å². The van der Waals surface area contributed by atoms with Gasteiger partial charge in [0, 0.05) is 16.9 Å². The van der Waals surface area contributed by atoms with Crippen molar-refractivity contribution in [3.8, 4) is 0 Å². The molecule has 1 aromatic rings. The maximum Gasteiger partial charge on any atom is 0.415 e. The Bertz CT molecular complexity index is 284.